The predicted octanol–water partition coefficient (Wildman–Crippen LogP) is 4.01. The van der Waals surface area contributed by atoms with Gasteiger partial charge in [0.05, 0.1) is 10.7 Å². The number of hydrogen-bond acceptors (Lipinski definition) is 6. The Bertz CT molecular complexity index is 950. The smallest absolute Gasteiger partial charge is 0.140 e. The number of aryl methyl sites for hydroxylation is 1. The van der Waals surface area contributed by atoms with E-state index in [0.717, 1.165) is 56.1 Å². The van der Waals surface area contributed by atoms with Gasteiger partial charge in [-0.25, -0.2) is 15.0 Å². The van der Waals surface area contributed by atoms with Crippen molar-refractivity contribution in [3.8, 4) is 5.82 Å². The van der Waals surface area contributed by atoms with Crippen LogP contribution in [0.4, 0.5) is 5.82 Å². The molecular formula is C22H28N6S. The molecule has 3 aromatic heterocycles. The minimum atomic E-state index is 0.725. The third kappa shape index (κ3) is 4.07. The molecular weight excluding hydrogens is 380 g/mol. The summed E-state index contributed by atoms with van der Waals surface area (Å²) < 4.78 is 2.03. The van der Waals surface area contributed by atoms with Crippen LogP contribution in [0.3, 0.4) is 0 Å². The summed E-state index contributed by atoms with van der Waals surface area (Å²) in [6, 6.07) is 6.24. The van der Waals surface area contributed by atoms with Gasteiger partial charge in [0.1, 0.15) is 17.5 Å². The molecule has 5 rings (SSSR count). The average Bonchev–Trinajstić information content (AvgIpc) is 3.50. The molecule has 1 aliphatic carbocycles. The Morgan fingerprint density at radius 3 is 2.59 bits per heavy atom. The maximum absolute atomic E-state index is 4.95. The van der Waals surface area contributed by atoms with Gasteiger partial charge >= 0.3 is 0 Å². The van der Waals surface area contributed by atoms with Crippen molar-refractivity contribution in [2.75, 3.05) is 31.1 Å². The highest BCUT2D eigenvalue weighted by Gasteiger charge is 2.22. The summed E-state index contributed by atoms with van der Waals surface area (Å²) in [7, 11) is 0. The quantitative estimate of drug-likeness (QED) is 0.638. The summed E-state index contributed by atoms with van der Waals surface area (Å²) >= 11 is 1.87. The second kappa shape index (κ2) is 8.24. The Hall–Kier alpha value is -2.25. The summed E-state index contributed by atoms with van der Waals surface area (Å²) in [6.07, 6.45) is 9.19. The highest BCUT2D eigenvalue weighted by atomic mass is 32.1. The van der Waals surface area contributed by atoms with Crippen LogP contribution < -0.4 is 4.90 Å². The van der Waals surface area contributed by atoms with Crippen LogP contribution in [0.15, 0.2) is 36.0 Å². The van der Waals surface area contributed by atoms with Crippen LogP contribution in [0.5, 0.6) is 0 Å². The number of piperazine rings is 1. The molecule has 1 saturated carbocycles. The third-order valence-corrected chi connectivity index (χ3v) is 7.20. The molecule has 29 heavy (non-hydrogen) atoms. The van der Waals surface area contributed by atoms with Crippen molar-refractivity contribution in [3.05, 3.63) is 52.5 Å². The van der Waals surface area contributed by atoms with E-state index in [2.05, 4.69) is 32.3 Å². The molecule has 0 amide bonds. The molecule has 2 aliphatic rings. The van der Waals surface area contributed by atoms with Crippen LogP contribution in [0, 0.1) is 6.92 Å². The normalized spacial score (nSPS) is 18.6. The molecule has 4 heterocycles. The largest absolute Gasteiger partial charge is 0.354 e. The van der Waals surface area contributed by atoms with Gasteiger partial charge in [0.25, 0.3) is 0 Å². The highest BCUT2D eigenvalue weighted by Crippen LogP contribution is 2.35. The molecule has 1 aliphatic heterocycles. The molecule has 0 spiro atoms. The molecule has 1 saturated heterocycles. The first-order chi connectivity index (χ1) is 14.3. The van der Waals surface area contributed by atoms with Crippen LogP contribution in [0.1, 0.15) is 48.1 Å². The molecule has 7 heteroatoms. The van der Waals surface area contributed by atoms with E-state index in [-0.39, 0.29) is 0 Å². The number of nitrogens with zero attached hydrogens (tertiary/aromatic N) is 6. The van der Waals surface area contributed by atoms with Crippen molar-refractivity contribution >= 4 is 17.2 Å². The van der Waals surface area contributed by atoms with Gasteiger partial charge in [-0.15, -0.1) is 11.3 Å². The van der Waals surface area contributed by atoms with Crippen LogP contribution in [-0.2, 0) is 6.54 Å². The van der Waals surface area contributed by atoms with Crippen molar-refractivity contribution in [2.45, 2.75) is 45.1 Å². The topological polar surface area (TPSA) is 50.1 Å². The minimum absolute atomic E-state index is 0.725. The van der Waals surface area contributed by atoms with Crippen molar-refractivity contribution in [2.24, 2.45) is 0 Å². The van der Waals surface area contributed by atoms with E-state index in [1.165, 1.54) is 36.4 Å². The van der Waals surface area contributed by atoms with Gasteiger partial charge in [-0.1, -0.05) is 18.9 Å². The molecule has 152 valence electrons. The first kappa shape index (κ1) is 18.8. The van der Waals surface area contributed by atoms with Gasteiger partial charge in [-0.05, 0) is 31.9 Å². The average molecular weight is 409 g/mol. The SMILES string of the molecule is Cc1nccn1-c1cccc(N2CCN(Cc3csc(C4CCCC4)n3)CC2)n1. The molecule has 0 bridgehead atoms. The van der Waals surface area contributed by atoms with E-state index in [9.17, 15) is 0 Å². The van der Waals surface area contributed by atoms with Crippen LogP contribution in [0.2, 0.25) is 0 Å². The first-order valence-electron chi connectivity index (χ1n) is 10.7. The van der Waals surface area contributed by atoms with Gasteiger partial charge in [0.2, 0.25) is 0 Å². The lowest BCUT2D eigenvalue weighted by molar-refractivity contribution is 0.247. The van der Waals surface area contributed by atoms with Crippen LogP contribution in [-0.4, -0.2) is 50.6 Å². The Kier molecular flexibility index (Phi) is 5.33. The first-order valence-corrected chi connectivity index (χ1v) is 11.5. The molecule has 0 unspecified atom stereocenters. The van der Waals surface area contributed by atoms with Gasteiger partial charge in [-0.3, -0.25) is 9.47 Å². The molecule has 6 nitrogen and oxygen atoms in total. The number of rotatable bonds is 5. The van der Waals surface area contributed by atoms with E-state index in [1.54, 1.807) is 0 Å². The second-order valence-electron chi connectivity index (χ2n) is 8.12. The van der Waals surface area contributed by atoms with Crippen molar-refractivity contribution in [1.82, 2.24) is 24.4 Å². The lowest BCUT2D eigenvalue weighted by atomic mass is 10.1. The number of imidazole rings is 1. The maximum atomic E-state index is 4.95. The molecule has 0 atom stereocenters. The van der Waals surface area contributed by atoms with E-state index in [1.807, 2.05) is 41.3 Å². The summed E-state index contributed by atoms with van der Waals surface area (Å²) in [6.45, 7) is 7.07. The van der Waals surface area contributed by atoms with Crippen molar-refractivity contribution in [3.63, 3.8) is 0 Å². The predicted molar refractivity (Wildman–Crippen MR) is 117 cm³/mol. The van der Waals surface area contributed by atoms with E-state index < -0.39 is 0 Å². The molecule has 0 N–H and O–H groups in total. The number of anilines is 1. The maximum Gasteiger partial charge on any atom is 0.140 e. The fraction of sp³-hybridized carbons (Fsp3) is 0.500. The molecule has 3 aromatic rings. The summed E-state index contributed by atoms with van der Waals surface area (Å²) in [5.41, 5.74) is 1.25. The molecule has 2 fully saturated rings. The van der Waals surface area contributed by atoms with E-state index >= 15 is 0 Å². The van der Waals surface area contributed by atoms with Gasteiger partial charge in [0.15, 0.2) is 0 Å². The zero-order valence-electron chi connectivity index (χ0n) is 17.0. The summed E-state index contributed by atoms with van der Waals surface area (Å²) in [5.74, 6) is 3.66. The van der Waals surface area contributed by atoms with Crippen LogP contribution >= 0.6 is 11.3 Å². The summed E-state index contributed by atoms with van der Waals surface area (Å²) in [5, 5.41) is 3.64. The number of hydrogen-bond donors (Lipinski definition) is 0. The molecule has 0 aromatic carbocycles. The van der Waals surface area contributed by atoms with Crippen molar-refractivity contribution < 1.29 is 0 Å². The zero-order valence-corrected chi connectivity index (χ0v) is 17.8. The number of pyridine rings is 1. The Balaban J connectivity index is 1.19. The molecule has 0 radical (unpaired) electrons. The zero-order chi connectivity index (χ0) is 19.6. The Morgan fingerprint density at radius 2 is 1.83 bits per heavy atom. The second-order valence-corrected chi connectivity index (χ2v) is 9.01. The Morgan fingerprint density at radius 1 is 1.03 bits per heavy atom. The fourth-order valence-electron chi connectivity index (χ4n) is 4.46. The lowest BCUT2D eigenvalue weighted by Crippen LogP contribution is -2.46. The van der Waals surface area contributed by atoms with Gasteiger partial charge in [-0.2, -0.15) is 0 Å². The van der Waals surface area contributed by atoms with Crippen LogP contribution in [0.25, 0.3) is 5.82 Å². The fourth-order valence-corrected chi connectivity index (χ4v) is 5.44. The standard InChI is InChI=1S/C22H28N6S/c1-17-23-9-10-28(17)21-8-4-7-20(25-21)27-13-11-26(12-14-27)15-19-16-29-22(24-19)18-5-2-3-6-18/h4,7-10,16,18H,2-3,5-6,11-15H2,1H3. The van der Waals surface area contributed by atoms with Gasteiger partial charge < -0.3 is 4.90 Å². The monoisotopic (exact) mass is 408 g/mol. The van der Waals surface area contributed by atoms with Crippen molar-refractivity contribution in [1.29, 1.82) is 0 Å². The third-order valence-electron chi connectivity index (χ3n) is 6.15. The van der Waals surface area contributed by atoms with E-state index in [4.69, 9.17) is 9.97 Å². The summed E-state index contributed by atoms with van der Waals surface area (Å²) in [4.78, 5) is 19.0. The highest BCUT2D eigenvalue weighted by molar-refractivity contribution is 7.09. The lowest BCUT2D eigenvalue weighted by Gasteiger charge is -2.35. The minimum Gasteiger partial charge on any atom is -0.354 e. The Labute approximate surface area is 176 Å². The van der Waals surface area contributed by atoms with E-state index in [0.29, 0.717) is 0 Å². The number of aromatic nitrogens is 4. The van der Waals surface area contributed by atoms with Gasteiger partial charge in [0, 0.05) is 56.4 Å². The number of thiazole rings is 1.